The summed E-state index contributed by atoms with van der Waals surface area (Å²) in [5.41, 5.74) is -1.86. The van der Waals surface area contributed by atoms with E-state index in [1.165, 1.54) is 19.1 Å². The molecule has 10 heteroatoms. The van der Waals surface area contributed by atoms with Crippen LogP contribution in [0.4, 0.5) is 24.5 Å². The first-order valence-electron chi connectivity index (χ1n) is 7.57. The number of rotatable bonds is 4. The second kappa shape index (κ2) is 7.26. The summed E-state index contributed by atoms with van der Waals surface area (Å²) in [5, 5.41) is 11.8. The van der Waals surface area contributed by atoms with E-state index in [1.54, 1.807) is 0 Å². The second-order valence-electron chi connectivity index (χ2n) is 5.76. The van der Waals surface area contributed by atoms with Crippen molar-refractivity contribution < 1.29 is 27.7 Å². The van der Waals surface area contributed by atoms with Crippen molar-refractivity contribution >= 4 is 17.3 Å². The molecule has 0 N–H and O–H groups in total. The van der Waals surface area contributed by atoms with Crippen LogP contribution in [0.3, 0.4) is 0 Å². The first-order chi connectivity index (χ1) is 11.6. The van der Waals surface area contributed by atoms with E-state index in [2.05, 4.69) is 0 Å². The molecule has 1 aliphatic rings. The first kappa shape index (κ1) is 19.0. The van der Waals surface area contributed by atoms with Gasteiger partial charge in [-0.2, -0.15) is 13.2 Å². The molecule has 1 aromatic rings. The molecule has 138 valence electrons. The Morgan fingerprint density at radius 2 is 2.12 bits per heavy atom. The van der Waals surface area contributed by atoms with Crippen LogP contribution in [0.5, 0.6) is 0 Å². The van der Waals surface area contributed by atoms with Crippen molar-refractivity contribution in [3.63, 3.8) is 0 Å². The number of nitro benzene ring substituents is 1. The van der Waals surface area contributed by atoms with Crippen LogP contribution in [0, 0.1) is 16.0 Å². The van der Waals surface area contributed by atoms with Gasteiger partial charge in [0.25, 0.3) is 11.6 Å². The zero-order chi connectivity index (χ0) is 18.8. The minimum Gasteiger partial charge on any atom is -0.370 e. The summed E-state index contributed by atoms with van der Waals surface area (Å²) in [4.78, 5) is 28.4. The number of piperidine rings is 1. The predicted molar refractivity (Wildman–Crippen MR) is 82.8 cm³/mol. The summed E-state index contributed by atoms with van der Waals surface area (Å²) in [7, 11) is 2.77. The molecule has 1 amide bonds. The summed E-state index contributed by atoms with van der Waals surface area (Å²) in [6, 6.07) is 2.66. The molecule has 2 rings (SSSR count). The van der Waals surface area contributed by atoms with Gasteiger partial charge in [-0.05, 0) is 18.9 Å². The summed E-state index contributed by atoms with van der Waals surface area (Å²) in [6.07, 6.45) is -3.67. The SMILES string of the molecule is CON(C)C(=O)[C@H]1CCCN(c2ccc([N+](=O)[O-])cc2C(F)(F)F)C1. The quantitative estimate of drug-likeness (QED) is 0.609. The maximum absolute atomic E-state index is 13.3. The average molecular weight is 361 g/mol. The normalized spacial score (nSPS) is 18.1. The van der Waals surface area contributed by atoms with Gasteiger partial charge in [0.1, 0.15) is 0 Å². The van der Waals surface area contributed by atoms with Gasteiger partial charge < -0.3 is 4.90 Å². The maximum Gasteiger partial charge on any atom is 0.418 e. The molecule has 1 aromatic carbocycles. The summed E-state index contributed by atoms with van der Waals surface area (Å²) < 4.78 is 40.0. The van der Waals surface area contributed by atoms with E-state index in [9.17, 15) is 28.1 Å². The molecule has 0 aliphatic carbocycles. The average Bonchev–Trinajstić information content (AvgIpc) is 2.59. The topological polar surface area (TPSA) is 75.9 Å². The molecule has 1 atom stereocenters. The van der Waals surface area contributed by atoms with Gasteiger partial charge in [-0.1, -0.05) is 0 Å². The molecule has 1 saturated heterocycles. The van der Waals surface area contributed by atoms with Gasteiger partial charge in [-0.15, -0.1) is 0 Å². The van der Waals surface area contributed by atoms with Gasteiger partial charge in [-0.3, -0.25) is 19.7 Å². The Balaban J connectivity index is 2.34. The lowest BCUT2D eigenvalue weighted by Crippen LogP contribution is -2.44. The van der Waals surface area contributed by atoms with Gasteiger partial charge in [-0.25, -0.2) is 5.06 Å². The number of nitrogens with zero attached hydrogens (tertiary/aromatic N) is 3. The van der Waals surface area contributed by atoms with Crippen LogP contribution in [0.2, 0.25) is 0 Å². The highest BCUT2D eigenvalue weighted by atomic mass is 19.4. The molecule has 0 spiro atoms. The van der Waals surface area contributed by atoms with Crippen molar-refractivity contribution in [3.05, 3.63) is 33.9 Å². The van der Waals surface area contributed by atoms with E-state index in [4.69, 9.17) is 4.84 Å². The number of anilines is 1. The predicted octanol–water partition coefficient (Wildman–Crippen LogP) is 2.85. The van der Waals surface area contributed by atoms with Crippen molar-refractivity contribution in [1.82, 2.24) is 5.06 Å². The smallest absolute Gasteiger partial charge is 0.370 e. The Kier molecular flexibility index (Phi) is 5.51. The standard InChI is InChI=1S/C15H18F3N3O4/c1-19(25-2)14(22)10-4-3-7-20(9-10)13-6-5-11(21(23)24)8-12(13)15(16,17)18/h5-6,8,10H,3-4,7,9H2,1-2H3/t10-/m0/s1. The van der Waals surface area contributed by atoms with Gasteiger partial charge >= 0.3 is 6.18 Å². The van der Waals surface area contributed by atoms with E-state index in [1.807, 2.05) is 0 Å². The first-order valence-corrected chi connectivity index (χ1v) is 7.57. The van der Waals surface area contributed by atoms with Gasteiger partial charge in [0.05, 0.1) is 23.5 Å². The zero-order valence-corrected chi connectivity index (χ0v) is 13.7. The molecule has 0 bridgehead atoms. The van der Waals surface area contributed by atoms with Crippen LogP contribution in [0.25, 0.3) is 0 Å². The van der Waals surface area contributed by atoms with Crippen molar-refractivity contribution in [3.8, 4) is 0 Å². The minimum absolute atomic E-state index is 0.0907. The fraction of sp³-hybridized carbons (Fsp3) is 0.533. The number of amides is 1. The van der Waals surface area contributed by atoms with Crippen LogP contribution in [-0.2, 0) is 15.8 Å². The number of carbonyl (C=O) groups excluding carboxylic acids is 1. The molecular weight excluding hydrogens is 343 g/mol. The molecule has 1 fully saturated rings. The number of halogens is 3. The Bertz CT molecular complexity index is 666. The molecule has 7 nitrogen and oxygen atoms in total. The van der Waals surface area contributed by atoms with Crippen molar-refractivity contribution in [2.45, 2.75) is 19.0 Å². The van der Waals surface area contributed by atoms with Crippen molar-refractivity contribution in [2.24, 2.45) is 5.92 Å². The van der Waals surface area contributed by atoms with Crippen molar-refractivity contribution in [1.29, 1.82) is 0 Å². The van der Waals surface area contributed by atoms with Crippen LogP contribution < -0.4 is 4.90 Å². The fourth-order valence-electron chi connectivity index (χ4n) is 2.88. The Hall–Kier alpha value is -2.36. The Morgan fingerprint density at radius 1 is 1.44 bits per heavy atom. The van der Waals surface area contributed by atoms with Crippen LogP contribution in [0.15, 0.2) is 18.2 Å². The lowest BCUT2D eigenvalue weighted by atomic mass is 9.95. The van der Waals surface area contributed by atoms with Gasteiger partial charge in [0.15, 0.2) is 0 Å². The Morgan fingerprint density at radius 3 is 2.68 bits per heavy atom. The van der Waals surface area contributed by atoms with Crippen LogP contribution in [-0.4, -0.2) is 43.1 Å². The monoisotopic (exact) mass is 361 g/mol. The number of alkyl halides is 3. The molecular formula is C15H18F3N3O4. The highest BCUT2D eigenvalue weighted by Crippen LogP contribution is 2.40. The van der Waals surface area contributed by atoms with Crippen LogP contribution in [0.1, 0.15) is 18.4 Å². The molecule has 1 heterocycles. The van der Waals surface area contributed by atoms with E-state index in [0.717, 1.165) is 17.2 Å². The number of hydrogen-bond acceptors (Lipinski definition) is 5. The van der Waals surface area contributed by atoms with E-state index >= 15 is 0 Å². The zero-order valence-electron chi connectivity index (χ0n) is 13.7. The van der Waals surface area contributed by atoms with Crippen molar-refractivity contribution in [2.75, 3.05) is 32.1 Å². The minimum atomic E-state index is -4.73. The van der Waals surface area contributed by atoms with E-state index < -0.39 is 28.3 Å². The number of benzene rings is 1. The lowest BCUT2D eigenvalue weighted by molar-refractivity contribution is -0.385. The number of nitro groups is 1. The third kappa shape index (κ3) is 4.19. The molecule has 0 aromatic heterocycles. The third-order valence-electron chi connectivity index (χ3n) is 4.19. The number of non-ortho nitro benzene ring substituents is 1. The Labute approximate surface area is 142 Å². The molecule has 0 radical (unpaired) electrons. The summed E-state index contributed by atoms with van der Waals surface area (Å²) in [6.45, 7) is 0.425. The van der Waals surface area contributed by atoms with Crippen LogP contribution >= 0.6 is 0 Å². The third-order valence-corrected chi connectivity index (χ3v) is 4.19. The fourth-order valence-corrected chi connectivity index (χ4v) is 2.88. The molecule has 0 saturated carbocycles. The molecule has 1 aliphatic heterocycles. The highest BCUT2D eigenvalue weighted by Gasteiger charge is 2.38. The second-order valence-corrected chi connectivity index (χ2v) is 5.76. The number of hydrogen-bond donors (Lipinski definition) is 0. The summed E-state index contributed by atoms with van der Waals surface area (Å²) in [5.74, 6) is -0.822. The molecule has 0 unspecified atom stereocenters. The maximum atomic E-state index is 13.3. The van der Waals surface area contributed by atoms with E-state index in [0.29, 0.717) is 25.5 Å². The summed E-state index contributed by atoms with van der Waals surface area (Å²) >= 11 is 0. The number of hydroxylamine groups is 2. The highest BCUT2D eigenvalue weighted by molar-refractivity contribution is 5.78. The largest absolute Gasteiger partial charge is 0.418 e. The molecule has 25 heavy (non-hydrogen) atoms. The lowest BCUT2D eigenvalue weighted by Gasteiger charge is -2.36. The van der Waals surface area contributed by atoms with Gasteiger partial charge in [0.2, 0.25) is 0 Å². The van der Waals surface area contributed by atoms with E-state index in [-0.39, 0.29) is 18.1 Å². The van der Waals surface area contributed by atoms with Gasteiger partial charge in [0, 0.05) is 38.0 Å². The number of carbonyl (C=O) groups is 1.